The van der Waals surface area contributed by atoms with Gasteiger partial charge in [-0.2, -0.15) is 5.10 Å². The van der Waals surface area contributed by atoms with E-state index in [1.807, 2.05) is 43.3 Å². The molecule has 0 atom stereocenters. The van der Waals surface area contributed by atoms with Gasteiger partial charge in [-0.3, -0.25) is 4.98 Å². The van der Waals surface area contributed by atoms with Crippen LogP contribution in [-0.4, -0.2) is 41.0 Å². The smallest absolute Gasteiger partial charge is 0.280 e. The molecule has 2 aromatic heterocycles. The van der Waals surface area contributed by atoms with Gasteiger partial charge in [-0.15, -0.1) is 0 Å². The highest BCUT2D eigenvalue weighted by Crippen LogP contribution is 2.26. The molecule has 0 saturated carbocycles. The third kappa shape index (κ3) is 4.17. The molecule has 6 nitrogen and oxygen atoms in total. The van der Waals surface area contributed by atoms with Crippen LogP contribution in [-0.2, 0) is 17.9 Å². The van der Waals surface area contributed by atoms with E-state index in [-0.39, 0.29) is 12.3 Å². The van der Waals surface area contributed by atoms with Crippen molar-refractivity contribution in [3.63, 3.8) is 0 Å². The molecule has 0 aliphatic carbocycles. The third-order valence-electron chi connectivity index (χ3n) is 4.37. The molecular weight excluding hydrogens is 364 g/mol. The highest BCUT2D eigenvalue weighted by Gasteiger charge is 2.18. The van der Waals surface area contributed by atoms with Gasteiger partial charge in [-0.05, 0) is 30.2 Å². The average molecular weight is 387 g/mol. The molecule has 0 aliphatic rings. The molecule has 148 valence electrons. The van der Waals surface area contributed by atoms with E-state index in [1.54, 1.807) is 24.8 Å². The van der Waals surface area contributed by atoms with Crippen molar-refractivity contribution in [3.05, 3.63) is 59.2 Å². The van der Waals surface area contributed by atoms with Gasteiger partial charge in [0.25, 0.3) is 6.43 Å². The minimum atomic E-state index is -2.61. The molecule has 8 heteroatoms. The number of alkyl halides is 2. The number of para-hydroxylation sites is 1. The summed E-state index contributed by atoms with van der Waals surface area (Å²) >= 11 is 0. The van der Waals surface area contributed by atoms with Gasteiger partial charge in [0.05, 0.1) is 6.54 Å². The molecule has 0 saturated heterocycles. The molecule has 0 amide bonds. The van der Waals surface area contributed by atoms with Crippen LogP contribution < -0.4 is 4.90 Å². The molecule has 28 heavy (non-hydrogen) atoms. The molecule has 0 N–H and O–H groups in total. The van der Waals surface area contributed by atoms with Crippen molar-refractivity contribution >= 4 is 5.69 Å². The van der Waals surface area contributed by atoms with Crippen LogP contribution in [0.25, 0.3) is 11.4 Å². The van der Waals surface area contributed by atoms with Crippen molar-refractivity contribution < 1.29 is 13.5 Å². The van der Waals surface area contributed by atoms with Crippen molar-refractivity contribution in [2.24, 2.45) is 0 Å². The fraction of sp³-hybridized carbons (Fsp3) is 0.350. The summed E-state index contributed by atoms with van der Waals surface area (Å²) in [5, 5.41) is 4.55. The minimum Gasteiger partial charge on any atom is -0.377 e. The van der Waals surface area contributed by atoms with Gasteiger partial charge in [0.1, 0.15) is 12.3 Å². The normalized spacial score (nSPS) is 11.2. The second-order valence-electron chi connectivity index (χ2n) is 6.69. The van der Waals surface area contributed by atoms with Crippen LogP contribution in [0.3, 0.4) is 0 Å². The van der Waals surface area contributed by atoms with Crippen LogP contribution in [0, 0.1) is 6.92 Å². The number of pyridine rings is 1. The molecule has 0 unspecified atom stereocenters. The molecule has 2 heterocycles. The Morgan fingerprint density at radius 2 is 1.96 bits per heavy atom. The number of aromatic nitrogens is 4. The Morgan fingerprint density at radius 3 is 2.61 bits per heavy atom. The molecule has 0 fully saturated rings. The lowest BCUT2D eigenvalue weighted by Gasteiger charge is -2.17. The van der Waals surface area contributed by atoms with Crippen molar-refractivity contribution in [3.8, 4) is 11.4 Å². The summed E-state index contributed by atoms with van der Waals surface area (Å²) in [5.74, 6) is 1.09. The lowest BCUT2D eigenvalue weighted by molar-refractivity contribution is 0.145. The zero-order valence-electron chi connectivity index (χ0n) is 16.4. The summed E-state index contributed by atoms with van der Waals surface area (Å²) < 4.78 is 33.0. The standard InChI is InChI=1S/C20H23F2N5O/c1-13-9-15(10-23-18(13)19(21)22)20-24-17(12-28-4)25-27(20)11-14-7-5-6-8-16(14)26(2)3/h5-10,19H,11-12H2,1-4H3. The second-order valence-corrected chi connectivity index (χ2v) is 6.69. The van der Waals surface area contributed by atoms with Crippen molar-refractivity contribution in [1.29, 1.82) is 0 Å². The maximum atomic E-state index is 13.0. The van der Waals surface area contributed by atoms with Crippen LogP contribution in [0.15, 0.2) is 36.5 Å². The van der Waals surface area contributed by atoms with E-state index in [9.17, 15) is 8.78 Å². The zero-order chi connectivity index (χ0) is 20.3. The Balaban J connectivity index is 2.04. The molecule has 3 rings (SSSR count). The lowest BCUT2D eigenvalue weighted by atomic mass is 10.1. The Morgan fingerprint density at radius 1 is 1.21 bits per heavy atom. The van der Waals surface area contributed by atoms with E-state index in [0.717, 1.165) is 11.3 Å². The first-order valence-electron chi connectivity index (χ1n) is 8.83. The molecule has 0 aliphatic heterocycles. The van der Waals surface area contributed by atoms with E-state index >= 15 is 0 Å². The number of hydrogen-bond donors (Lipinski definition) is 0. The number of methoxy groups -OCH3 is 1. The Bertz CT molecular complexity index is 956. The number of anilines is 1. The van der Waals surface area contributed by atoms with Gasteiger partial charge in [-0.25, -0.2) is 18.4 Å². The summed E-state index contributed by atoms with van der Waals surface area (Å²) in [6.07, 6.45) is -1.19. The SMILES string of the molecule is COCc1nc(-c2cnc(C(F)F)c(C)c2)n(Cc2ccccc2N(C)C)n1. The molecule has 0 radical (unpaired) electrons. The van der Waals surface area contributed by atoms with Gasteiger partial charge < -0.3 is 9.64 Å². The first-order valence-corrected chi connectivity index (χ1v) is 8.83. The van der Waals surface area contributed by atoms with E-state index in [0.29, 0.717) is 29.3 Å². The molecule has 3 aromatic rings. The average Bonchev–Trinajstić information content (AvgIpc) is 3.04. The van der Waals surface area contributed by atoms with Crippen molar-refractivity contribution in [2.75, 3.05) is 26.1 Å². The van der Waals surface area contributed by atoms with Crippen LogP contribution in [0.4, 0.5) is 14.5 Å². The lowest BCUT2D eigenvalue weighted by Crippen LogP contribution is -2.14. The zero-order valence-corrected chi connectivity index (χ0v) is 16.4. The maximum Gasteiger partial charge on any atom is 0.280 e. The first kappa shape index (κ1) is 19.9. The van der Waals surface area contributed by atoms with Gasteiger partial charge in [0.2, 0.25) is 0 Å². The first-order chi connectivity index (χ1) is 13.4. The number of ether oxygens (including phenoxy) is 1. The van der Waals surface area contributed by atoms with Crippen LogP contribution in [0.5, 0.6) is 0 Å². The summed E-state index contributed by atoms with van der Waals surface area (Å²) in [7, 11) is 5.53. The number of halogens is 2. The summed E-state index contributed by atoms with van der Waals surface area (Å²) in [6.45, 7) is 2.36. The summed E-state index contributed by atoms with van der Waals surface area (Å²) in [4.78, 5) is 10.5. The number of hydrogen-bond acceptors (Lipinski definition) is 5. The van der Waals surface area contributed by atoms with E-state index in [1.165, 1.54) is 6.20 Å². The summed E-state index contributed by atoms with van der Waals surface area (Å²) in [5.41, 5.74) is 2.98. The summed E-state index contributed by atoms with van der Waals surface area (Å²) in [6, 6.07) is 9.68. The molecule has 0 spiro atoms. The van der Waals surface area contributed by atoms with Gasteiger partial charge in [0.15, 0.2) is 11.6 Å². The third-order valence-corrected chi connectivity index (χ3v) is 4.37. The highest BCUT2D eigenvalue weighted by atomic mass is 19.3. The highest BCUT2D eigenvalue weighted by molar-refractivity contribution is 5.57. The largest absolute Gasteiger partial charge is 0.377 e. The van der Waals surface area contributed by atoms with E-state index in [4.69, 9.17) is 4.74 Å². The number of benzene rings is 1. The van der Waals surface area contributed by atoms with Gasteiger partial charge in [0, 0.05) is 38.7 Å². The van der Waals surface area contributed by atoms with Crippen LogP contribution in [0.1, 0.15) is 29.1 Å². The minimum absolute atomic E-state index is 0.218. The monoisotopic (exact) mass is 387 g/mol. The quantitative estimate of drug-likeness (QED) is 0.616. The van der Waals surface area contributed by atoms with Crippen LogP contribution in [0.2, 0.25) is 0 Å². The predicted octanol–water partition coefficient (Wildman–Crippen LogP) is 3.85. The Hall–Kier alpha value is -2.87. The number of rotatable bonds is 7. The molecular formula is C20H23F2N5O. The van der Waals surface area contributed by atoms with Crippen molar-refractivity contribution in [1.82, 2.24) is 19.7 Å². The predicted molar refractivity (Wildman–Crippen MR) is 104 cm³/mol. The van der Waals surface area contributed by atoms with Gasteiger partial charge in [-0.1, -0.05) is 18.2 Å². The Kier molecular flexibility index (Phi) is 5.99. The van der Waals surface area contributed by atoms with E-state index < -0.39 is 6.43 Å². The van der Waals surface area contributed by atoms with Crippen molar-refractivity contribution in [2.45, 2.75) is 26.5 Å². The fourth-order valence-corrected chi connectivity index (χ4v) is 3.08. The topological polar surface area (TPSA) is 56.1 Å². The van der Waals surface area contributed by atoms with Gasteiger partial charge >= 0.3 is 0 Å². The fourth-order valence-electron chi connectivity index (χ4n) is 3.08. The van der Waals surface area contributed by atoms with Crippen LogP contribution >= 0.6 is 0 Å². The van der Waals surface area contributed by atoms with E-state index in [2.05, 4.69) is 15.1 Å². The number of aryl methyl sites for hydroxylation is 1. The maximum absolute atomic E-state index is 13.0. The molecule has 1 aromatic carbocycles. The number of nitrogens with zero attached hydrogens (tertiary/aromatic N) is 5. The Labute approximate surface area is 162 Å². The molecule has 0 bridgehead atoms. The second kappa shape index (κ2) is 8.43.